The molecule has 0 saturated carbocycles. The maximum atomic E-state index is 9.97. The van der Waals surface area contributed by atoms with E-state index in [1.165, 1.54) is 0 Å². The average Bonchev–Trinajstić information content (AvgIpc) is 2.68. The molecule has 3 nitrogen and oxygen atoms in total. The molecule has 0 spiro atoms. The van der Waals surface area contributed by atoms with Crippen molar-refractivity contribution < 1.29 is 5.11 Å². The predicted molar refractivity (Wildman–Crippen MR) is 66.0 cm³/mol. The van der Waals surface area contributed by atoms with Crippen molar-refractivity contribution in [1.82, 2.24) is 9.55 Å². The largest absolute Gasteiger partial charge is 0.386 e. The number of benzene rings is 1. The summed E-state index contributed by atoms with van der Waals surface area (Å²) in [5.74, 6) is 0. The Kier molecular flexibility index (Phi) is 3.41. The van der Waals surface area contributed by atoms with E-state index in [0.717, 1.165) is 10.0 Å². The number of nitrogens with zero attached hydrogens (tertiary/aromatic N) is 2. The van der Waals surface area contributed by atoms with Gasteiger partial charge in [-0.3, -0.25) is 0 Å². The highest BCUT2D eigenvalue weighted by molar-refractivity contribution is 9.10. The van der Waals surface area contributed by atoms with Crippen LogP contribution in [-0.4, -0.2) is 14.7 Å². The molecule has 2 rings (SSSR count). The first-order valence-corrected chi connectivity index (χ1v) is 5.85. The Bertz CT molecular complexity index is 464. The number of imidazole rings is 1. The standard InChI is InChI=1S/C12H13BrN2O/c1-15-7-11(14-8-15)12(16)6-9-2-4-10(13)5-3-9/h2-5,7-8,12,16H,6H2,1H3. The summed E-state index contributed by atoms with van der Waals surface area (Å²) in [6, 6.07) is 7.94. The Hall–Kier alpha value is -1.13. The lowest BCUT2D eigenvalue weighted by Crippen LogP contribution is -2.02. The van der Waals surface area contributed by atoms with Gasteiger partial charge in [-0.05, 0) is 17.7 Å². The zero-order chi connectivity index (χ0) is 11.5. The monoisotopic (exact) mass is 280 g/mol. The van der Waals surface area contributed by atoms with Crippen molar-refractivity contribution in [3.8, 4) is 0 Å². The van der Waals surface area contributed by atoms with Crippen LogP contribution in [0.25, 0.3) is 0 Å². The molecule has 2 aromatic rings. The van der Waals surface area contributed by atoms with E-state index >= 15 is 0 Å². The van der Waals surface area contributed by atoms with E-state index in [9.17, 15) is 5.11 Å². The fourth-order valence-corrected chi connectivity index (χ4v) is 1.82. The third kappa shape index (κ3) is 2.71. The van der Waals surface area contributed by atoms with Gasteiger partial charge in [0.25, 0.3) is 0 Å². The maximum absolute atomic E-state index is 9.97. The Morgan fingerprint density at radius 3 is 2.62 bits per heavy atom. The van der Waals surface area contributed by atoms with Crippen LogP contribution in [0.1, 0.15) is 17.4 Å². The fourth-order valence-electron chi connectivity index (χ4n) is 1.55. The lowest BCUT2D eigenvalue weighted by atomic mass is 10.1. The quantitative estimate of drug-likeness (QED) is 0.938. The molecule has 0 saturated heterocycles. The van der Waals surface area contributed by atoms with Crippen LogP contribution >= 0.6 is 15.9 Å². The minimum Gasteiger partial charge on any atom is -0.386 e. The molecule has 0 amide bonds. The summed E-state index contributed by atoms with van der Waals surface area (Å²) in [5, 5.41) is 9.97. The molecule has 1 N–H and O–H groups in total. The SMILES string of the molecule is Cn1cnc(C(O)Cc2ccc(Br)cc2)c1. The molecule has 0 fully saturated rings. The van der Waals surface area contributed by atoms with Gasteiger partial charge in [0.2, 0.25) is 0 Å². The Labute approximate surface area is 103 Å². The van der Waals surface area contributed by atoms with Crippen LogP contribution in [0, 0.1) is 0 Å². The third-order valence-corrected chi connectivity index (χ3v) is 2.94. The zero-order valence-electron chi connectivity index (χ0n) is 8.97. The first-order chi connectivity index (χ1) is 7.65. The van der Waals surface area contributed by atoms with Crippen LogP contribution in [0.2, 0.25) is 0 Å². The zero-order valence-corrected chi connectivity index (χ0v) is 10.6. The van der Waals surface area contributed by atoms with Gasteiger partial charge in [-0.1, -0.05) is 28.1 Å². The molecule has 0 radical (unpaired) electrons. The van der Waals surface area contributed by atoms with E-state index in [1.807, 2.05) is 42.1 Å². The van der Waals surface area contributed by atoms with Crippen molar-refractivity contribution in [3.63, 3.8) is 0 Å². The first-order valence-electron chi connectivity index (χ1n) is 5.05. The second-order valence-corrected chi connectivity index (χ2v) is 4.73. The van der Waals surface area contributed by atoms with Gasteiger partial charge >= 0.3 is 0 Å². The molecule has 1 aromatic heterocycles. The van der Waals surface area contributed by atoms with Crippen LogP contribution in [0.15, 0.2) is 41.3 Å². The molecule has 84 valence electrons. The summed E-state index contributed by atoms with van der Waals surface area (Å²) in [6.07, 6.45) is 3.58. The number of rotatable bonds is 3. The lowest BCUT2D eigenvalue weighted by molar-refractivity contribution is 0.174. The van der Waals surface area contributed by atoms with Crippen LogP contribution in [-0.2, 0) is 13.5 Å². The minimum absolute atomic E-state index is 0.539. The normalized spacial score (nSPS) is 12.7. The van der Waals surface area contributed by atoms with Crippen molar-refractivity contribution in [3.05, 3.63) is 52.5 Å². The van der Waals surface area contributed by atoms with Crippen LogP contribution in [0.5, 0.6) is 0 Å². The average molecular weight is 281 g/mol. The van der Waals surface area contributed by atoms with E-state index in [4.69, 9.17) is 0 Å². The van der Waals surface area contributed by atoms with Gasteiger partial charge < -0.3 is 9.67 Å². The second kappa shape index (κ2) is 4.80. The molecule has 0 bridgehead atoms. The minimum atomic E-state index is -0.539. The third-order valence-electron chi connectivity index (χ3n) is 2.41. The van der Waals surface area contributed by atoms with Crippen molar-refractivity contribution >= 4 is 15.9 Å². The first kappa shape index (κ1) is 11.4. The van der Waals surface area contributed by atoms with Crippen LogP contribution in [0.4, 0.5) is 0 Å². The van der Waals surface area contributed by atoms with Gasteiger partial charge in [-0.25, -0.2) is 4.98 Å². The van der Waals surface area contributed by atoms with E-state index in [-0.39, 0.29) is 0 Å². The van der Waals surface area contributed by atoms with Gasteiger partial charge in [-0.2, -0.15) is 0 Å². The highest BCUT2D eigenvalue weighted by atomic mass is 79.9. The molecule has 1 heterocycles. The Morgan fingerprint density at radius 1 is 1.38 bits per heavy atom. The molecule has 1 atom stereocenters. The van der Waals surface area contributed by atoms with E-state index < -0.39 is 6.10 Å². The molecular formula is C12H13BrN2O. The number of aryl methyl sites for hydroxylation is 1. The van der Waals surface area contributed by atoms with Gasteiger partial charge in [0.15, 0.2) is 0 Å². The molecular weight excluding hydrogens is 268 g/mol. The molecule has 16 heavy (non-hydrogen) atoms. The molecule has 0 aliphatic carbocycles. The van der Waals surface area contributed by atoms with E-state index in [0.29, 0.717) is 12.1 Å². The topological polar surface area (TPSA) is 38.0 Å². The fraction of sp³-hybridized carbons (Fsp3) is 0.250. The van der Waals surface area contributed by atoms with Crippen molar-refractivity contribution in [2.45, 2.75) is 12.5 Å². The Balaban J connectivity index is 2.07. The second-order valence-electron chi connectivity index (χ2n) is 3.81. The number of hydrogen-bond acceptors (Lipinski definition) is 2. The molecule has 0 aliphatic heterocycles. The number of hydrogen-bond donors (Lipinski definition) is 1. The van der Waals surface area contributed by atoms with Crippen molar-refractivity contribution in [2.24, 2.45) is 7.05 Å². The summed E-state index contributed by atoms with van der Waals surface area (Å²) in [5.41, 5.74) is 1.81. The summed E-state index contributed by atoms with van der Waals surface area (Å²) >= 11 is 3.38. The number of aliphatic hydroxyl groups excluding tert-OH is 1. The van der Waals surface area contributed by atoms with Crippen LogP contribution < -0.4 is 0 Å². The Morgan fingerprint density at radius 2 is 2.06 bits per heavy atom. The summed E-state index contributed by atoms with van der Waals surface area (Å²) in [6.45, 7) is 0. The summed E-state index contributed by atoms with van der Waals surface area (Å²) < 4.78 is 2.88. The van der Waals surface area contributed by atoms with Crippen LogP contribution in [0.3, 0.4) is 0 Å². The van der Waals surface area contributed by atoms with Gasteiger partial charge in [0.1, 0.15) is 6.10 Å². The number of halogens is 1. The predicted octanol–water partition coefficient (Wildman–Crippen LogP) is 2.46. The summed E-state index contributed by atoms with van der Waals surface area (Å²) in [4.78, 5) is 4.13. The number of aliphatic hydroxyl groups is 1. The molecule has 1 unspecified atom stereocenters. The highest BCUT2D eigenvalue weighted by Crippen LogP contribution is 2.18. The van der Waals surface area contributed by atoms with E-state index in [2.05, 4.69) is 20.9 Å². The summed E-state index contributed by atoms with van der Waals surface area (Å²) in [7, 11) is 1.89. The highest BCUT2D eigenvalue weighted by Gasteiger charge is 2.10. The van der Waals surface area contributed by atoms with Crippen molar-refractivity contribution in [1.29, 1.82) is 0 Å². The molecule has 4 heteroatoms. The molecule has 1 aromatic carbocycles. The lowest BCUT2D eigenvalue weighted by Gasteiger charge is -2.07. The smallest absolute Gasteiger partial charge is 0.101 e. The van der Waals surface area contributed by atoms with Gasteiger partial charge in [0.05, 0.1) is 12.0 Å². The van der Waals surface area contributed by atoms with E-state index in [1.54, 1.807) is 6.33 Å². The molecule has 0 aliphatic rings. The van der Waals surface area contributed by atoms with Gasteiger partial charge in [0, 0.05) is 24.1 Å². The van der Waals surface area contributed by atoms with Crippen molar-refractivity contribution in [2.75, 3.05) is 0 Å². The van der Waals surface area contributed by atoms with Gasteiger partial charge in [-0.15, -0.1) is 0 Å². The maximum Gasteiger partial charge on any atom is 0.101 e. The number of aromatic nitrogens is 2.